The third-order valence-corrected chi connectivity index (χ3v) is 4.17. The second-order valence-electron chi connectivity index (χ2n) is 6.70. The van der Waals surface area contributed by atoms with E-state index in [1.54, 1.807) is 17.0 Å². The van der Waals surface area contributed by atoms with Gasteiger partial charge in [0.25, 0.3) is 0 Å². The lowest BCUT2D eigenvalue weighted by Gasteiger charge is -2.32. The van der Waals surface area contributed by atoms with E-state index >= 15 is 0 Å². The average molecular weight is 338 g/mol. The van der Waals surface area contributed by atoms with Gasteiger partial charge in [0.15, 0.2) is 0 Å². The van der Waals surface area contributed by atoms with Gasteiger partial charge in [-0.05, 0) is 36.5 Å². The standard InChI is InChI=1S/C18H27FN2O3/c1-13(2)12-24-18(23)21-7-5-16(6-8-21)20-10-14-3-4-17(19)15(9-14)11-22/h3-4,9,13,16,20,22H,5-8,10-12H2,1-2H3. The number of carbonyl (C=O) groups excluding carboxylic acids is 1. The number of nitrogens with zero attached hydrogens (tertiary/aromatic N) is 1. The Morgan fingerprint density at radius 3 is 2.75 bits per heavy atom. The minimum absolute atomic E-state index is 0.228. The number of aliphatic hydroxyl groups excluding tert-OH is 1. The largest absolute Gasteiger partial charge is 0.449 e. The van der Waals surface area contributed by atoms with Crippen molar-refractivity contribution in [2.75, 3.05) is 19.7 Å². The molecule has 1 aliphatic rings. The summed E-state index contributed by atoms with van der Waals surface area (Å²) in [6.45, 7) is 6.17. The first-order valence-electron chi connectivity index (χ1n) is 8.53. The molecule has 5 nitrogen and oxygen atoms in total. The number of likely N-dealkylation sites (tertiary alicyclic amines) is 1. The van der Waals surface area contributed by atoms with Crippen LogP contribution in [0.25, 0.3) is 0 Å². The molecule has 1 fully saturated rings. The van der Waals surface area contributed by atoms with Crippen molar-refractivity contribution in [3.8, 4) is 0 Å². The summed E-state index contributed by atoms with van der Waals surface area (Å²) in [5, 5.41) is 12.5. The maximum Gasteiger partial charge on any atom is 0.409 e. The highest BCUT2D eigenvalue weighted by molar-refractivity contribution is 5.67. The summed E-state index contributed by atoms with van der Waals surface area (Å²) in [6.07, 6.45) is 1.50. The Bertz CT molecular complexity index is 543. The smallest absolute Gasteiger partial charge is 0.409 e. The fourth-order valence-corrected chi connectivity index (χ4v) is 2.72. The number of hydrogen-bond donors (Lipinski definition) is 2. The van der Waals surface area contributed by atoms with E-state index in [-0.39, 0.29) is 18.5 Å². The number of ether oxygens (including phenoxy) is 1. The van der Waals surface area contributed by atoms with Crippen LogP contribution in [0.15, 0.2) is 18.2 Å². The Morgan fingerprint density at radius 1 is 1.42 bits per heavy atom. The van der Waals surface area contributed by atoms with Crippen LogP contribution in [-0.2, 0) is 17.9 Å². The highest BCUT2D eigenvalue weighted by Gasteiger charge is 2.23. The number of rotatable bonds is 6. The van der Waals surface area contributed by atoms with Crippen LogP contribution in [0.2, 0.25) is 0 Å². The summed E-state index contributed by atoms with van der Waals surface area (Å²) in [4.78, 5) is 13.7. The Kier molecular flexibility index (Phi) is 6.99. The van der Waals surface area contributed by atoms with E-state index in [0.717, 1.165) is 18.4 Å². The van der Waals surface area contributed by atoms with E-state index in [4.69, 9.17) is 9.84 Å². The van der Waals surface area contributed by atoms with Crippen molar-refractivity contribution in [2.45, 2.75) is 45.9 Å². The number of piperidine rings is 1. The minimum Gasteiger partial charge on any atom is -0.449 e. The molecular weight excluding hydrogens is 311 g/mol. The molecule has 6 heteroatoms. The second kappa shape index (κ2) is 8.99. The normalized spacial score (nSPS) is 15.8. The molecule has 2 rings (SSSR count). The molecule has 24 heavy (non-hydrogen) atoms. The van der Waals surface area contributed by atoms with Crippen molar-refractivity contribution in [2.24, 2.45) is 5.92 Å². The zero-order chi connectivity index (χ0) is 17.5. The minimum atomic E-state index is -0.380. The first kappa shape index (κ1) is 18.7. The van der Waals surface area contributed by atoms with Crippen LogP contribution in [0.3, 0.4) is 0 Å². The van der Waals surface area contributed by atoms with Gasteiger partial charge in [-0.3, -0.25) is 0 Å². The molecule has 1 aliphatic heterocycles. The molecule has 1 aromatic carbocycles. The first-order chi connectivity index (χ1) is 11.5. The molecule has 134 valence electrons. The number of aliphatic hydroxyl groups is 1. The summed E-state index contributed by atoms with van der Waals surface area (Å²) in [5.74, 6) is -0.0397. The van der Waals surface area contributed by atoms with Crippen molar-refractivity contribution in [3.05, 3.63) is 35.1 Å². The number of nitrogens with one attached hydrogen (secondary N) is 1. The van der Waals surface area contributed by atoms with Crippen molar-refractivity contribution in [1.82, 2.24) is 10.2 Å². The lowest BCUT2D eigenvalue weighted by molar-refractivity contribution is 0.0817. The SMILES string of the molecule is CC(C)COC(=O)N1CCC(NCc2ccc(F)c(CO)c2)CC1. The number of halogens is 1. The predicted octanol–water partition coefficient (Wildman–Crippen LogP) is 2.66. The summed E-state index contributed by atoms with van der Waals surface area (Å²) in [7, 11) is 0. The molecule has 0 radical (unpaired) electrons. The van der Waals surface area contributed by atoms with Gasteiger partial charge >= 0.3 is 6.09 Å². The second-order valence-corrected chi connectivity index (χ2v) is 6.70. The lowest BCUT2D eigenvalue weighted by Crippen LogP contribution is -2.45. The highest BCUT2D eigenvalue weighted by atomic mass is 19.1. The molecule has 0 spiro atoms. The molecule has 0 unspecified atom stereocenters. The average Bonchev–Trinajstić information content (AvgIpc) is 2.59. The van der Waals surface area contributed by atoms with E-state index in [1.165, 1.54) is 6.07 Å². The van der Waals surface area contributed by atoms with Crippen LogP contribution in [0.4, 0.5) is 9.18 Å². The van der Waals surface area contributed by atoms with Crippen LogP contribution >= 0.6 is 0 Å². The molecule has 2 N–H and O–H groups in total. The zero-order valence-electron chi connectivity index (χ0n) is 14.4. The molecular formula is C18H27FN2O3. The predicted molar refractivity (Wildman–Crippen MR) is 89.9 cm³/mol. The van der Waals surface area contributed by atoms with E-state index in [1.807, 2.05) is 13.8 Å². The molecule has 1 saturated heterocycles. The van der Waals surface area contributed by atoms with E-state index in [2.05, 4.69) is 5.32 Å². The van der Waals surface area contributed by atoms with Crippen LogP contribution in [0, 0.1) is 11.7 Å². The number of amides is 1. The van der Waals surface area contributed by atoms with Crippen LogP contribution in [0.5, 0.6) is 0 Å². The van der Waals surface area contributed by atoms with Crippen LogP contribution < -0.4 is 5.32 Å². The van der Waals surface area contributed by atoms with Gasteiger partial charge in [0.2, 0.25) is 0 Å². The first-order valence-corrected chi connectivity index (χ1v) is 8.53. The van der Waals surface area contributed by atoms with Crippen molar-refractivity contribution in [1.29, 1.82) is 0 Å². The molecule has 0 bridgehead atoms. The maximum atomic E-state index is 13.4. The summed E-state index contributed by atoms with van der Waals surface area (Å²) >= 11 is 0. The Morgan fingerprint density at radius 2 is 2.12 bits per heavy atom. The summed E-state index contributed by atoms with van der Waals surface area (Å²) in [6, 6.07) is 5.11. The quantitative estimate of drug-likeness (QED) is 0.837. The van der Waals surface area contributed by atoms with Gasteiger partial charge in [-0.25, -0.2) is 9.18 Å². The van der Waals surface area contributed by atoms with Gasteiger partial charge in [-0.15, -0.1) is 0 Å². The fourth-order valence-electron chi connectivity index (χ4n) is 2.72. The van der Waals surface area contributed by atoms with Crippen LogP contribution in [-0.4, -0.2) is 41.8 Å². The van der Waals surface area contributed by atoms with Gasteiger partial charge in [0.05, 0.1) is 13.2 Å². The molecule has 1 amide bonds. The molecule has 0 atom stereocenters. The lowest BCUT2D eigenvalue weighted by atomic mass is 10.0. The van der Waals surface area contributed by atoms with E-state index in [9.17, 15) is 9.18 Å². The van der Waals surface area contributed by atoms with Crippen molar-refractivity contribution < 1.29 is 19.0 Å². The number of hydrogen-bond acceptors (Lipinski definition) is 4. The van der Waals surface area contributed by atoms with Gasteiger partial charge < -0.3 is 20.1 Å². The van der Waals surface area contributed by atoms with Crippen LogP contribution in [0.1, 0.15) is 37.8 Å². The van der Waals surface area contributed by atoms with Crippen molar-refractivity contribution in [3.63, 3.8) is 0 Å². The number of benzene rings is 1. The third-order valence-electron chi connectivity index (χ3n) is 4.17. The topological polar surface area (TPSA) is 61.8 Å². The Balaban J connectivity index is 1.74. The number of carbonyl (C=O) groups is 1. The van der Waals surface area contributed by atoms with Crippen molar-refractivity contribution >= 4 is 6.09 Å². The molecule has 0 saturated carbocycles. The van der Waals surface area contributed by atoms with Gasteiger partial charge in [0, 0.05) is 31.2 Å². The molecule has 1 heterocycles. The maximum absolute atomic E-state index is 13.4. The Labute approximate surface area is 142 Å². The molecule has 0 aromatic heterocycles. The fraction of sp³-hybridized carbons (Fsp3) is 0.611. The Hall–Kier alpha value is -1.66. The molecule has 1 aromatic rings. The summed E-state index contributed by atoms with van der Waals surface area (Å²) < 4.78 is 18.6. The summed E-state index contributed by atoms with van der Waals surface area (Å²) in [5.41, 5.74) is 1.26. The van der Waals surface area contributed by atoms with E-state index < -0.39 is 0 Å². The zero-order valence-corrected chi connectivity index (χ0v) is 14.4. The third kappa shape index (κ3) is 5.46. The van der Waals surface area contributed by atoms with Gasteiger partial charge in [-0.2, -0.15) is 0 Å². The highest BCUT2D eigenvalue weighted by Crippen LogP contribution is 2.14. The van der Waals surface area contributed by atoms with Gasteiger partial charge in [0.1, 0.15) is 5.82 Å². The van der Waals surface area contributed by atoms with Gasteiger partial charge in [-0.1, -0.05) is 19.9 Å². The van der Waals surface area contributed by atoms with E-state index in [0.29, 0.717) is 43.8 Å². The monoisotopic (exact) mass is 338 g/mol. The molecule has 0 aliphatic carbocycles.